The van der Waals surface area contributed by atoms with Gasteiger partial charge in [-0.15, -0.1) is 0 Å². The van der Waals surface area contributed by atoms with E-state index in [1.165, 1.54) is 25.1 Å². The van der Waals surface area contributed by atoms with Crippen molar-refractivity contribution in [1.82, 2.24) is 14.9 Å². The van der Waals surface area contributed by atoms with E-state index < -0.39 is 0 Å². The molecule has 0 radical (unpaired) electrons. The van der Waals surface area contributed by atoms with Gasteiger partial charge in [0, 0.05) is 25.5 Å². The van der Waals surface area contributed by atoms with Gasteiger partial charge in [0.05, 0.1) is 6.04 Å². The quantitative estimate of drug-likeness (QED) is 0.710. The highest BCUT2D eigenvalue weighted by Crippen LogP contribution is 2.23. The van der Waals surface area contributed by atoms with Crippen LogP contribution in [-0.2, 0) is 7.05 Å². The zero-order valence-electron chi connectivity index (χ0n) is 8.33. The molecule has 1 aromatic rings. The fourth-order valence-electron chi connectivity index (χ4n) is 2.05. The van der Waals surface area contributed by atoms with E-state index in [9.17, 15) is 0 Å². The lowest BCUT2D eigenvalue weighted by atomic mass is 9.99. The molecule has 1 fully saturated rings. The van der Waals surface area contributed by atoms with Crippen molar-refractivity contribution < 1.29 is 0 Å². The highest BCUT2D eigenvalue weighted by atomic mass is 15.1. The van der Waals surface area contributed by atoms with E-state index >= 15 is 0 Å². The minimum absolute atomic E-state index is 0.462. The number of hydrogen-bond donors (Lipinski definition) is 1. The van der Waals surface area contributed by atoms with Crippen molar-refractivity contribution in [1.29, 1.82) is 0 Å². The normalized spacial score (nSPS) is 29.1. The Kier molecular flexibility index (Phi) is 2.36. The Hall–Kier alpha value is -0.830. The average Bonchev–Trinajstić information content (AvgIpc) is 2.51. The van der Waals surface area contributed by atoms with Gasteiger partial charge in [-0.1, -0.05) is 0 Å². The van der Waals surface area contributed by atoms with Crippen molar-refractivity contribution in [3.05, 3.63) is 18.2 Å². The smallest absolute Gasteiger partial charge is 0.125 e. The van der Waals surface area contributed by atoms with Crippen LogP contribution in [0.25, 0.3) is 0 Å². The molecule has 0 saturated carbocycles. The largest absolute Gasteiger partial charge is 0.337 e. The van der Waals surface area contributed by atoms with Crippen LogP contribution < -0.4 is 5.32 Å². The summed E-state index contributed by atoms with van der Waals surface area (Å²) in [5.41, 5.74) is 0. The molecular weight excluding hydrogens is 162 g/mol. The van der Waals surface area contributed by atoms with E-state index in [4.69, 9.17) is 0 Å². The van der Waals surface area contributed by atoms with Crippen LogP contribution in [0.3, 0.4) is 0 Å². The van der Waals surface area contributed by atoms with Crippen molar-refractivity contribution in [3.63, 3.8) is 0 Å². The summed E-state index contributed by atoms with van der Waals surface area (Å²) in [6.07, 6.45) is 7.70. The van der Waals surface area contributed by atoms with Crippen LogP contribution in [-0.4, -0.2) is 15.6 Å². The number of piperidine rings is 1. The third-order valence-electron chi connectivity index (χ3n) is 2.79. The third kappa shape index (κ3) is 1.75. The van der Waals surface area contributed by atoms with Gasteiger partial charge in [-0.3, -0.25) is 0 Å². The molecule has 1 aliphatic heterocycles. The standard InChI is InChI=1S/C10H17N3/c1-8-4-3-5-9(12-8)10-11-6-7-13(10)2/h6-9,12H,3-5H2,1-2H3. The molecule has 0 amide bonds. The second kappa shape index (κ2) is 3.50. The Balaban J connectivity index is 2.12. The Morgan fingerprint density at radius 2 is 2.38 bits per heavy atom. The Morgan fingerprint density at radius 3 is 3.00 bits per heavy atom. The first-order chi connectivity index (χ1) is 6.27. The maximum atomic E-state index is 4.37. The van der Waals surface area contributed by atoms with Gasteiger partial charge in [0.15, 0.2) is 0 Å². The number of nitrogens with zero attached hydrogens (tertiary/aromatic N) is 2. The lowest BCUT2D eigenvalue weighted by Crippen LogP contribution is -2.35. The molecular formula is C10H17N3. The summed E-state index contributed by atoms with van der Waals surface area (Å²) in [7, 11) is 2.06. The maximum Gasteiger partial charge on any atom is 0.125 e. The summed E-state index contributed by atoms with van der Waals surface area (Å²) in [5.74, 6) is 1.17. The second-order valence-electron chi connectivity index (χ2n) is 3.95. The Labute approximate surface area is 79.2 Å². The summed E-state index contributed by atoms with van der Waals surface area (Å²) in [6, 6.07) is 1.10. The molecule has 2 rings (SSSR count). The van der Waals surface area contributed by atoms with Gasteiger partial charge in [-0.2, -0.15) is 0 Å². The number of aromatic nitrogens is 2. The van der Waals surface area contributed by atoms with Crippen molar-refractivity contribution in [2.75, 3.05) is 0 Å². The zero-order valence-corrected chi connectivity index (χ0v) is 8.33. The van der Waals surface area contributed by atoms with Crippen LogP contribution >= 0.6 is 0 Å². The fourth-order valence-corrected chi connectivity index (χ4v) is 2.05. The van der Waals surface area contributed by atoms with E-state index in [1.54, 1.807) is 0 Å². The average molecular weight is 179 g/mol. The van der Waals surface area contributed by atoms with E-state index in [1.807, 2.05) is 12.4 Å². The fraction of sp³-hybridized carbons (Fsp3) is 0.700. The van der Waals surface area contributed by atoms with Crippen LogP contribution in [0.4, 0.5) is 0 Å². The molecule has 1 aromatic heterocycles. The first kappa shape index (κ1) is 8.75. The molecule has 0 bridgehead atoms. The predicted octanol–water partition coefficient (Wildman–Crippen LogP) is 1.62. The zero-order chi connectivity index (χ0) is 9.26. The number of rotatable bonds is 1. The van der Waals surface area contributed by atoms with E-state index in [0.29, 0.717) is 12.1 Å². The number of imidazole rings is 1. The van der Waals surface area contributed by atoms with Gasteiger partial charge in [0.2, 0.25) is 0 Å². The number of hydrogen-bond acceptors (Lipinski definition) is 2. The van der Waals surface area contributed by atoms with Crippen molar-refractivity contribution in [2.45, 2.75) is 38.3 Å². The van der Waals surface area contributed by atoms with E-state index in [-0.39, 0.29) is 0 Å². The van der Waals surface area contributed by atoms with Crippen LogP contribution in [0.15, 0.2) is 12.4 Å². The predicted molar refractivity (Wildman–Crippen MR) is 52.4 cm³/mol. The number of nitrogens with one attached hydrogen (secondary N) is 1. The van der Waals surface area contributed by atoms with Gasteiger partial charge in [-0.05, 0) is 26.2 Å². The van der Waals surface area contributed by atoms with E-state index in [0.717, 1.165) is 0 Å². The van der Waals surface area contributed by atoms with Gasteiger partial charge in [0.25, 0.3) is 0 Å². The second-order valence-corrected chi connectivity index (χ2v) is 3.95. The van der Waals surface area contributed by atoms with E-state index in [2.05, 4.69) is 28.8 Å². The van der Waals surface area contributed by atoms with Crippen molar-refractivity contribution in [2.24, 2.45) is 7.05 Å². The molecule has 0 spiro atoms. The summed E-state index contributed by atoms with van der Waals surface area (Å²) in [5, 5.41) is 3.58. The molecule has 2 heterocycles. The molecule has 1 N–H and O–H groups in total. The molecule has 2 unspecified atom stereocenters. The van der Waals surface area contributed by atoms with Crippen LogP contribution in [0, 0.1) is 0 Å². The number of aryl methyl sites for hydroxylation is 1. The van der Waals surface area contributed by atoms with Gasteiger partial charge >= 0.3 is 0 Å². The lowest BCUT2D eigenvalue weighted by Gasteiger charge is -2.28. The Morgan fingerprint density at radius 1 is 1.54 bits per heavy atom. The molecule has 72 valence electrons. The highest BCUT2D eigenvalue weighted by molar-refractivity contribution is 5.00. The lowest BCUT2D eigenvalue weighted by molar-refractivity contribution is 0.326. The maximum absolute atomic E-state index is 4.37. The first-order valence-corrected chi connectivity index (χ1v) is 5.00. The summed E-state index contributed by atoms with van der Waals surface area (Å²) >= 11 is 0. The molecule has 1 saturated heterocycles. The molecule has 3 nitrogen and oxygen atoms in total. The van der Waals surface area contributed by atoms with Gasteiger partial charge in [0.1, 0.15) is 5.82 Å². The summed E-state index contributed by atoms with van der Waals surface area (Å²) < 4.78 is 2.11. The minimum Gasteiger partial charge on any atom is -0.337 e. The Bertz CT molecular complexity index is 279. The third-order valence-corrected chi connectivity index (χ3v) is 2.79. The van der Waals surface area contributed by atoms with Crippen LogP contribution in [0.5, 0.6) is 0 Å². The molecule has 3 heteroatoms. The first-order valence-electron chi connectivity index (χ1n) is 5.00. The van der Waals surface area contributed by atoms with Gasteiger partial charge in [-0.25, -0.2) is 4.98 Å². The minimum atomic E-state index is 0.462. The molecule has 13 heavy (non-hydrogen) atoms. The molecule has 2 atom stereocenters. The van der Waals surface area contributed by atoms with Crippen LogP contribution in [0.1, 0.15) is 38.1 Å². The SMILES string of the molecule is CC1CCCC(c2nccn2C)N1. The summed E-state index contributed by atoms with van der Waals surface area (Å²) in [6.45, 7) is 2.25. The van der Waals surface area contributed by atoms with Crippen LogP contribution in [0.2, 0.25) is 0 Å². The monoisotopic (exact) mass is 179 g/mol. The van der Waals surface area contributed by atoms with Crippen molar-refractivity contribution in [3.8, 4) is 0 Å². The molecule has 0 aromatic carbocycles. The molecule has 0 aliphatic carbocycles. The van der Waals surface area contributed by atoms with Crippen molar-refractivity contribution >= 4 is 0 Å². The topological polar surface area (TPSA) is 29.9 Å². The molecule has 1 aliphatic rings. The van der Waals surface area contributed by atoms with Gasteiger partial charge < -0.3 is 9.88 Å². The highest BCUT2D eigenvalue weighted by Gasteiger charge is 2.21. The summed E-state index contributed by atoms with van der Waals surface area (Å²) in [4.78, 5) is 4.37.